The summed E-state index contributed by atoms with van der Waals surface area (Å²) in [6.45, 7) is 6.89. The summed E-state index contributed by atoms with van der Waals surface area (Å²) in [5.74, 6) is -1.32. The predicted octanol–water partition coefficient (Wildman–Crippen LogP) is 2.10. The van der Waals surface area contributed by atoms with Gasteiger partial charge in [-0.05, 0) is 43.6 Å². The number of carbonyl (C=O) groups is 2. The van der Waals surface area contributed by atoms with Crippen molar-refractivity contribution in [1.29, 1.82) is 0 Å². The number of rotatable bonds is 6. The fraction of sp³-hybridized carbons (Fsp3) is 0.526. The summed E-state index contributed by atoms with van der Waals surface area (Å²) < 4.78 is 0. The highest BCUT2D eigenvalue weighted by molar-refractivity contribution is 6.09. The lowest BCUT2D eigenvalue weighted by Gasteiger charge is -2.29. The van der Waals surface area contributed by atoms with E-state index in [1.54, 1.807) is 43.3 Å². The normalized spacial score (nSPS) is 21.6. The molecule has 134 valence electrons. The van der Waals surface area contributed by atoms with E-state index in [9.17, 15) is 14.7 Å². The van der Waals surface area contributed by atoms with Gasteiger partial charge in [0.25, 0.3) is 5.91 Å². The molecule has 6 heteroatoms. The van der Waals surface area contributed by atoms with Crippen LogP contribution in [0.25, 0.3) is 0 Å². The zero-order valence-electron chi connectivity index (χ0n) is 14.8. The molecule has 0 saturated carbocycles. The van der Waals surface area contributed by atoms with E-state index in [1.807, 2.05) is 0 Å². The molecule has 1 aromatic rings. The molecule has 0 aromatic carbocycles. The average molecular weight is 343 g/mol. The number of pyridine rings is 1. The zero-order valence-corrected chi connectivity index (χ0v) is 14.8. The van der Waals surface area contributed by atoms with Crippen LogP contribution in [0.15, 0.2) is 35.9 Å². The lowest BCUT2D eigenvalue weighted by Crippen LogP contribution is -2.38. The topological polar surface area (TPSA) is 73.7 Å². The molecular formula is C19H25N3O3. The minimum atomic E-state index is -0.534. The number of ketones is 1. The third kappa shape index (κ3) is 3.44. The van der Waals surface area contributed by atoms with E-state index in [-0.39, 0.29) is 17.3 Å². The third-order valence-corrected chi connectivity index (χ3v) is 4.97. The van der Waals surface area contributed by atoms with Crippen LogP contribution in [0.4, 0.5) is 0 Å². The number of hydrogen-bond donors (Lipinski definition) is 1. The number of aromatic nitrogens is 1. The molecular weight excluding hydrogens is 318 g/mol. The fourth-order valence-electron chi connectivity index (χ4n) is 3.59. The molecule has 3 rings (SSSR count). The number of amides is 1. The van der Waals surface area contributed by atoms with Crippen LogP contribution in [-0.2, 0) is 9.59 Å². The maximum absolute atomic E-state index is 12.7. The quantitative estimate of drug-likeness (QED) is 0.856. The molecule has 0 radical (unpaired) electrons. The summed E-state index contributed by atoms with van der Waals surface area (Å²) >= 11 is 0. The molecule has 0 aliphatic carbocycles. The summed E-state index contributed by atoms with van der Waals surface area (Å²) in [7, 11) is 0. The van der Waals surface area contributed by atoms with Crippen LogP contribution in [0.5, 0.6) is 0 Å². The summed E-state index contributed by atoms with van der Waals surface area (Å²) in [5.41, 5.74) is 1.02. The van der Waals surface area contributed by atoms with E-state index in [4.69, 9.17) is 0 Å². The van der Waals surface area contributed by atoms with Crippen molar-refractivity contribution in [1.82, 2.24) is 14.8 Å². The summed E-state index contributed by atoms with van der Waals surface area (Å²) in [5, 5.41) is 10.4. The van der Waals surface area contributed by atoms with Gasteiger partial charge in [-0.1, -0.05) is 13.8 Å². The van der Waals surface area contributed by atoms with Gasteiger partial charge in [-0.25, -0.2) is 0 Å². The molecule has 1 saturated heterocycles. The van der Waals surface area contributed by atoms with Gasteiger partial charge >= 0.3 is 0 Å². The first-order valence-electron chi connectivity index (χ1n) is 8.91. The Hall–Kier alpha value is -2.21. The average Bonchev–Trinajstić information content (AvgIpc) is 3.21. The number of carbonyl (C=O) groups excluding carboxylic acids is 2. The van der Waals surface area contributed by atoms with Crippen molar-refractivity contribution in [2.24, 2.45) is 5.92 Å². The lowest BCUT2D eigenvalue weighted by molar-refractivity contribution is -0.129. The second-order valence-electron chi connectivity index (χ2n) is 7.01. The van der Waals surface area contributed by atoms with Crippen molar-refractivity contribution in [3.63, 3.8) is 0 Å². The van der Waals surface area contributed by atoms with Crippen molar-refractivity contribution in [2.75, 3.05) is 26.2 Å². The van der Waals surface area contributed by atoms with Gasteiger partial charge in [-0.3, -0.25) is 14.6 Å². The zero-order chi connectivity index (χ0) is 18.0. The highest BCUT2D eigenvalue weighted by Crippen LogP contribution is 2.38. The predicted molar refractivity (Wildman–Crippen MR) is 93.9 cm³/mol. The highest BCUT2D eigenvalue weighted by atomic mass is 16.3. The molecule has 3 heterocycles. The van der Waals surface area contributed by atoms with Gasteiger partial charge in [0, 0.05) is 31.4 Å². The van der Waals surface area contributed by atoms with Gasteiger partial charge in [0.1, 0.15) is 0 Å². The van der Waals surface area contributed by atoms with Crippen LogP contribution in [0.2, 0.25) is 0 Å². The van der Waals surface area contributed by atoms with E-state index in [1.165, 1.54) is 12.8 Å². The van der Waals surface area contributed by atoms with E-state index in [2.05, 4.69) is 9.88 Å². The molecule has 1 unspecified atom stereocenters. The number of aliphatic hydroxyl groups is 1. The molecule has 1 atom stereocenters. The van der Waals surface area contributed by atoms with Crippen molar-refractivity contribution in [3.8, 4) is 0 Å². The number of likely N-dealkylation sites (tertiary alicyclic amines) is 1. The first-order chi connectivity index (χ1) is 12.0. The molecule has 1 aromatic heterocycles. The molecule has 25 heavy (non-hydrogen) atoms. The third-order valence-electron chi connectivity index (χ3n) is 4.97. The minimum Gasteiger partial charge on any atom is -0.503 e. The first kappa shape index (κ1) is 17.6. The van der Waals surface area contributed by atoms with Crippen molar-refractivity contribution in [2.45, 2.75) is 32.7 Å². The standard InChI is InChI=1S/C19H25N3O3/c1-13(2)17(23)15-16(14-5-7-20-8-6-14)22(19(25)18(15)24)12-11-21-9-3-4-10-21/h5-8,13,16,24H,3-4,9-12H2,1-2H3. The van der Waals surface area contributed by atoms with Crippen LogP contribution in [0, 0.1) is 5.92 Å². The maximum Gasteiger partial charge on any atom is 0.290 e. The second-order valence-corrected chi connectivity index (χ2v) is 7.01. The Balaban J connectivity index is 1.91. The Morgan fingerprint density at radius 3 is 2.48 bits per heavy atom. The van der Waals surface area contributed by atoms with Crippen LogP contribution in [0.3, 0.4) is 0 Å². The number of Topliss-reactive ketones (excluding diaryl/α,β-unsaturated/α-hetero) is 1. The number of aliphatic hydroxyl groups excluding tert-OH is 1. The van der Waals surface area contributed by atoms with Gasteiger partial charge in [-0.2, -0.15) is 0 Å². The molecule has 2 aliphatic heterocycles. The van der Waals surface area contributed by atoms with Gasteiger partial charge in [-0.15, -0.1) is 0 Å². The van der Waals surface area contributed by atoms with Gasteiger partial charge in [0.15, 0.2) is 11.5 Å². The number of hydrogen-bond acceptors (Lipinski definition) is 5. The van der Waals surface area contributed by atoms with Crippen LogP contribution in [-0.4, -0.2) is 57.8 Å². The summed E-state index contributed by atoms with van der Waals surface area (Å²) in [4.78, 5) is 33.3. The van der Waals surface area contributed by atoms with Crippen LogP contribution in [0.1, 0.15) is 38.3 Å². The Morgan fingerprint density at radius 2 is 1.88 bits per heavy atom. The Kier molecular flexibility index (Phi) is 5.18. The SMILES string of the molecule is CC(C)C(=O)C1=C(O)C(=O)N(CCN2CCCC2)C1c1ccncc1. The van der Waals surface area contributed by atoms with Crippen LogP contribution >= 0.6 is 0 Å². The second kappa shape index (κ2) is 7.35. The minimum absolute atomic E-state index is 0.184. The lowest BCUT2D eigenvalue weighted by atomic mass is 9.92. The van der Waals surface area contributed by atoms with E-state index >= 15 is 0 Å². The molecule has 6 nitrogen and oxygen atoms in total. The van der Waals surface area contributed by atoms with Crippen molar-refractivity contribution < 1.29 is 14.7 Å². The van der Waals surface area contributed by atoms with Crippen LogP contribution < -0.4 is 0 Å². The molecule has 0 bridgehead atoms. The molecule has 1 N–H and O–H groups in total. The largest absolute Gasteiger partial charge is 0.503 e. The van der Waals surface area contributed by atoms with Crippen molar-refractivity contribution >= 4 is 11.7 Å². The van der Waals surface area contributed by atoms with E-state index in [0.717, 1.165) is 25.2 Å². The van der Waals surface area contributed by atoms with E-state index in [0.29, 0.717) is 6.54 Å². The van der Waals surface area contributed by atoms with Gasteiger partial charge < -0.3 is 14.9 Å². The van der Waals surface area contributed by atoms with Gasteiger partial charge in [0.2, 0.25) is 0 Å². The maximum atomic E-state index is 12.7. The summed E-state index contributed by atoms with van der Waals surface area (Å²) in [6, 6.07) is 3.06. The molecule has 1 amide bonds. The fourth-order valence-corrected chi connectivity index (χ4v) is 3.59. The molecule has 2 aliphatic rings. The molecule has 1 fully saturated rings. The Bertz CT molecular complexity index is 678. The Labute approximate surface area is 148 Å². The smallest absolute Gasteiger partial charge is 0.290 e. The first-order valence-corrected chi connectivity index (χ1v) is 8.91. The van der Waals surface area contributed by atoms with Gasteiger partial charge in [0.05, 0.1) is 11.6 Å². The monoisotopic (exact) mass is 343 g/mol. The number of nitrogens with zero attached hydrogens (tertiary/aromatic N) is 3. The van der Waals surface area contributed by atoms with E-state index < -0.39 is 17.7 Å². The van der Waals surface area contributed by atoms with Crippen molar-refractivity contribution in [3.05, 3.63) is 41.4 Å². The molecule has 0 spiro atoms. The Morgan fingerprint density at radius 1 is 1.24 bits per heavy atom. The summed E-state index contributed by atoms with van der Waals surface area (Å²) in [6.07, 6.45) is 5.65. The highest BCUT2D eigenvalue weighted by Gasteiger charge is 2.43.